The Kier molecular flexibility index (Phi) is 3.96. The molecule has 0 aromatic heterocycles. The zero-order valence-corrected chi connectivity index (χ0v) is 10.1. The van der Waals surface area contributed by atoms with E-state index in [1.807, 2.05) is 12.1 Å². The summed E-state index contributed by atoms with van der Waals surface area (Å²) >= 11 is 3.50. The van der Waals surface area contributed by atoms with Crippen LogP contribution in [-0.4, -0.2) is 11.7 Å². The SMILES string of the molecule is CC(C)c1cc(O)c(CCN)cc1Br. The van der Waals surface area contributed by atoms with Crippen LogP contribution in [0.2, 0.25) is 0 Å². The van der Waals surface area contributed by atoms with Crippen molar-refractivity contribution in [3.63, 3.8) is 0 Å². The first kappa shape index (κ1) is 11.5. The first-order valence-electron chi connectivity index (χ1n) is 4.77. The number of benzene rings is 1. The van der Waals surface area contributed by atoms with E-state index in [-0.39, 0.29) is 0 Å². The predicted molar refractivity (Wildman–Crippen MR) is 62.7 cm³/mol. The van der Waals surface area contributed by atoms with Crippen molar-refractivity contribution in [1.29, 1.82) is 0 Å². The Balaban J connectivity index is 3.10. The summed E-state index contributed by atoms with van der Waals surface area (Å²) in [6.45, 7) is 4.76. The van der Waals surface area contributed by atoms with Crippen molar-refractivity contribution >= 4 is 15.9 Å². The summed E-state index contributed by atoms with van der Waals surface area (Å²) in [5, 5.41) is 9.72. The first-order chi connectivity index (χ1) is 6.56. The van der Waals surface area contributed by atoms with Crippen LogP contribution < -0.4 is 5.73 Å². The molecule has 1 aromatic carbocycles. The van der Waals surface area contributed by atoms with E-state index < -0.39 is 0 Å². The highest BCUT2D eigenvalue weighted by Gasteiger charge is 2.09. The van der Waals surface area contributed by atoms with Crippen molar-refractivity contribution in [2.45, 2.75) is 26.2 Å². The van der Waals surface area contributed by atoms with Crippen LogP contribution in [0.3, 0.4) is 0 Å². The van der Waals surface area contributed by atoms with Crippen molar-refractivity contribution in [3.05, 3.63) is 27.7 Å². The van der Waals surface area contributed by atoms with Crippen LogP contribution in [0.5, 0.6) is 5.75 Å². The fraction of sp³-hybridized carbons (Fsp3) is 0.455. The molecule has 1 rings (SSSR count). The fourth-order valence-corrected chi connectivity index (χ4v) is 2.27. The highest BCUT2D eigenvalue weighted by Crippen LogP contribution is 2.31. The molecule has 0 saturated carbocycles. The van der Waals surface area contributed by atoms with Gasteiger partial charge in [0.05, 0.1) is 0 Å². The Hall–Kier alpha value is -0.540. The Bertz CT molecular complexity index is 323. The molecule has 14 heavy (non-hydrogen) atoms. The number of halogens is 1. The second-order valence-corrected chi connectivity index (χ2v) is 4.55. The van der Waals surface area contributed by atoms with Gasteiger partial charge >= 0.3 is 0 Å². The van der Waals surface area contributed by atoms with E-state index >= 15 is 0 Å². The van der Waals surface area contributed by atoms with Gasteiger partial charge in [0.1, 0.15) is 5.75 Å². The standard InChI is InChI=1S/C11H16BrNO/c1-7(2)9-6-11(14)8(3-4-13)5-10(9)12/h5-7,14H,3-4,13H2,1-2H3. The molecule has 1 aromatic rings. The molecule has 0 aliphatic rings. The maximum absolute atomic E-state index is 9.72. The lowest BCUT2D eigenvalue weighted by molar-refractivity contribution is 0.466. The molecule has 0 radical (unpaired) electrons. The summed E-state index contributed by atoms with van der Waals surface area (Å²) in [6.07, 6.45) is 0.711. The average Bonchev–Trinajstić information content (AvgIpc) is 2.10. The molecule has 3 heteroatoms. The van der Waals surface area contributed by atoms with Crippen molar-refractivity contribution in [2.75, 3.05) is 6.54 Å². The van der Waals surface area contributed by atoms with Crippen LogP contribution in [0, 0.1) is 0 Å². The van der Waals surface area contributed by atoms with Gasteiger partial charge < -0.3 is 10.8 Å². The Morgan fingerprint density at radius 3 is 2.57 bits per heavy atom. The predicted octanol–water partition coefficient (Wildman–Crippen LogP) is 2.78. The molecular weight excluding hydrogens is 242 g/mol. The van der Waals surface area contributed by atoms with E-state index in [1.54, 1.807) is 0 Å². The smallest absolute Gasteiger partial charge is 0.119 e. The maximum atomic E-state index is 9.72. The molecule has 0 fully saturated rings. The molecule has 0 atom stereocenters. The number of hydrogen-bond acceptors (Lipinski definition) is 2. The molecule has 0 bridgehead atoms. The highest BCUT2D eigenvalue weighted by molar-refractivity contribution is 9.10. The summed E-state index contributed by atoms with van der Waals surface area (Å²) < 4.78 is 1.05. The molecule has 78 valence electrons. The van der Waals surface area contributed by atoms with Gasteiger partial charge in [-0.1, -0.05) is 29.8 Å². The van der Waals surface area contributed by atoms with Crippen LogP contribution >= 0.6 is 15.9 Å². The molecule has 0 spiro atoms. The molecule has 0 heterocycles. The molecule has 3 N–H and O–H groups in total. The van der Waals surface area contributed by atoms with Crippen LogP contribution in [-0.2, 0) is 6.42 Å². The van der Waals surface area contributed by atoms with E-state index in [9.17, 15) is 5.11 Å². The van der Waals surface area contributed by atoms with Crippen molar-refractivity contribution < 1.29 is 5.11 Å². The minimum absolute atomic E-state index is 0.349. The monoisotopic (exact) mass is 257 g/mol. The van der Waals surface area contributed by atoms with Crippen molar-refractivity contribution in [3.8, 4) is 5.75 Å². The summed E-state index contributed by atoms with van der Waals surface area (Å²) in [4.78, 5) is 0. The van der Waals surface area contributed by atoms with Gasteiger partial charge in [-0.2, -0.15) is 0 Å². The summed E-state index contributed by atoms with van der Waals surface area (Å²) in [5.74, 6) is 0.754. The maximum Gasteiger partial charge on any atom is 0.119 e. The average molecular weight is 258 g/mol. The largest absolute Gasteiger partial charge is 0.508 e. The number of rotatable bonds is 3. The number of phenolic OH excluding ortho intramolecular Hbond substituents is 1. The quantitative estimate of drug-likeness (QED) is 0.875. The van der Waals surface area contributed by atoms with Gasteiger partial charge in [-0.15, -0.1) is 0 Å². The number of hydrogen-bond donors (Lipinski definition) is 2. The van der Waals surface area contributed by atoms with Gasteiger partial charge in [0.15, 0.2) is 0 Å². The Morgan fingerprint density at radius 2 is 2.07 bits per heavy atom. The minimum atomic E-state index is 0.349. The number of nitrogens with two attached hydrogens (primary N) is 1. The molecule has 0 amide bonds. The molecule has 0 aliphatic carbocycles. The highest BCUT2D eigenvalue weighted by atomic mass is 79.9. The second kappa shape index (κ2) is 4.80. The van der Waals surface area contributed by atoms with Crippen molar-refractivity contribution in [1.82, 2.24) is 0 Å². The summed E-state index contributed by atoms with van der Waals surface area (Å²) in [7, 11) is 0. The lowest BCUT2D eigenvalue weighted by atomic mass is 10.00. The third kappa shape index (κ3) is 2.49. The second-order valence-electron chi connectivity index (χ2n) is 3.70. The van der Waals surface area contributed by atoms with Crippen LogP contribution in [0.15, 0.2) is 16.6 Å². The topological polar surface area (TPSA) is 46.2 Å². The van der Waals surface area contributed by atoms with E-state index in [2.05, 4.69) is 29.8 Å². The normalized spacial score (nSPS) is 10.9. The zero-order valence-electron chi connectivity index (χ0n) is 8.55. The van der Waals surface area contributed by atoms with E-state index in [1.165, 1.54) is 0 Å². The lowest BCUT2D eigenvalue weighted by Crippen LogP contribution is -2.03. The fourth-order valence-electron chi connectivity index (χ4n) is 1.42. The lowest BCUT2D eigenvalue weighted by Gasteiger charge is -2.12. The van der Waals surface area contributed by atoms with Crippen LogP contribution in [0.25, 0.3) is 0 Å². The number of aromatic hydroxyl groups is 1. The van der Waals surface area contributed by atoms with Gasteiger partial charge in [0.25, 0.3) is 0 Å². The van der Waals surface area contributed by atoms with Crippen LogP contribution in [0.1, 0.15) is 30.9 Å². The van der Waals surface area contributed by atoms with E-state index in [0.29, 0.717) is 24.6 Å². The third-order valence-electron chi connectivity index (χ3n) is 2.23. The van der Waals surface area contributed by atoms with E-state index in [0.717, 1.165) is 15.6 Å². The molecule has 0 saturated heterocycles. The molecular formula is C11H16BrNO. The third-order valence-corrected chi connectivity index (χ3v) is 2.92. The first-order valence-corrected chi connectivity index (χ1v) is 5.57. The van der Waals surface area contributed by atoms with Gasteiger partial charge in [-0.25, -0.2) is 0 Å². The molecule has 0 unspecified atom stereocenters. The van der Waals surface area contributed by atoms with E-state index in [4.69, 9.17) is 5.73 Å². The number of phenols is 1. The van der Waals surface area contributed by atoms with Gasteiger partial charge in [-0.05, 0) is 42.1 Å². The van der Waals surface area contributed by atoms with Gasteiger partial charge in [-0.3, -0.25) is 0 Å². The van der Waals surface area contributed by atoms with Crippen molar-refractivity contribution in [2.24, 2.45) is 5.73 Å². The molecule has 0 aliphatic heterocycles. The zero-order chi connectivity index (χ0) is 10.7. The van der Waals surface area contributed by atoms with Gasteiger partial charge in [0, 0.05) is 4.47 Å². The van der Waals surface area contributed by atoms with Crippen LogP contribution in [0.4, 0.5) is 0 Å². The molecule has 2 nitrogen and oxygen atoms in total. The Morgan fingerprint density at radius 1 is 1.43 bits per heavy atom. The minimum Gasteiger partial charge on any atom is -0.508 e. The van der Waals surface area contributed by atoms with Gasteiger partial charge in [0.2, 0.25) is 0 Å². The summed E-state index contributed by atoms with van der Waals surface area (Å²) in [6, 6.07) is 3.78. The summed E-state index contributed by atoms with van der Waals surface area (Å²) in [5.41, 5.74) is 7.49. The Labute approximate surface area is 93.3 Å².